The molecule has 1 atom stereocenters. The number of carbonyl (C=O) groups is 1. The first-order valence-corrected chi connectivity index (χ1v) is 12.0. The number of fused-ring (bicyclic) bond motifs is 1. The second-order valence-electron chi connectivity index (χ2n) is 8.99. The van der Waals surface area contributed by atoms with E-state index >= 15 is 0 Å². The average molecular weight is 454 g/mol. The van der Waals surface area contributed by atoms with Gasteiger partial charge in [-0.2, -0.15) is 0 Å². The minimum Gasteiger partial charge on any atom is -0.399 e. The SMILES string of the molecule is CC(=O)N(Cc1ccc(N)cc1)C1c2ccccc2N=C(N2CCCCC2)N1c1ccccc1. The molecule has 0 bridgehead atoms. The van der Waals surface area contributed by atoms with Crippen LogP contribution >= 0.6 is 0 Å². The first-order valence-electron chi connectivity index (χ1n) is 12.0. The third kappa shape index (κ3) is 4.36. The fourth-order valence-electron chi connectivity index (χ4n) is 4.88. The zero-order valence-electron chi connectivity index (χ0n) is 19.6. The number of rotatable bonds is 4. The van der Waals surface area contributed by atoms with Gasteiger partial charge in [0.1, 0.15) is 6.17 Å². The Morgan fingerprint density at radius 2 is 1.62 bits per heavy atom. The highest BCUT2D eigenvalue weighted by atomic mass is 16.2. The van der Waals surface area contributed by atoms with Crippen LogP contribution in [0, 0.1) is 0 Å². The maximum Gasteiger partial charge on any atom is 0.221 e. The summed E-state index contributed by atoms with van der Waals surface area (Å²) >= 11 is 0. The van der Waals surface area contributed by atoms with Crippen molar-refractivity contribution in [3.63, 3.8) is 0 Å². The third-order valence-electron chi connectivity index (χ3n) is 6.60. The Balaban J connectivity index is 1.65. The van der Waals surface area contributed by atoms with Gasteiger partial charge in [0.15, 0.2) is 0 Å². The summed E-state index contributed by atoms with van der Waals surface area (Å²) in [7, 11) is 0. The number of nitrogen functional groups attached to an aromatic ring is 1. The van der Waals surface area contributed by atoms with E-state index in [1.165, 1.54) is 6.42 Å². The van der Waals surface area contributed by atoms with Gasteiger partial charge in [-0.15, -0.1) is 0 Å². The summed E-state index contributed by atoms with van der Waals surface area (Å²) in [4.78, 5) is 24.9. The molecule has 1 saturated heterocycles. The molecule has 174 valence electrons. The van der Waals surface area contributed by atoms with E-state index < -0.39 is 0 Å². The Bertz CT molecular complexity index is 1170. The molecule has 3 aromatic rings. The lowest BCUT2D eigenvalue weighted by Gasteiger charge is -2.47. The summed E-state index contributed by atoms with van der Waals surface area (Å²) < 4.78 is 0. The normalized spacial score (nSPS) is 17.7. The lowest BCUT2D eigenvalue weighted by atomic mass is 10.0. The van der Waals surface area contributed by atoms with Crippen LogP contribution < -0.4 is 10.6 Å². The van der Waals surface area contributed by atoms with Crippen molar-refractivity contribution in [2.45, 2.75) is 38.9 Å². The molecule has 0 aromatic heterocycles. The molecular weight excluding hydrogens is 422 g/mol. The van der Waals surface area contributed by atoms with Gasteiger partial charge < -0.3 is 15.5 Å². The highest BCUT2D eigenvalue weighted by Crippen LogP contribution is 2.41. The summed E-state index contributed by atoms with van der Waals surface area (Å²) in [6.45, 7) is 4.06. The van der Waals surface area contributed by atoms with Gasteiger partial charge in [0.05, 0.1) is 5.69 Å². The van der Waals surface area contributed by atoms with Gasteiger partial charge in [-0.1, -0.05) is 48.5 Å². The van der Waals surface area contributed by atoms with Gasteiger partial charge in [-0.3, -0.25) is 9.69 Å². The number of amides is 1. The number of nitrogens with two attached hydrogens (primary N) is 1. The molecule has 0 radical (unpaired) electrons. The molecule has 6 heteroatoms. The monoisotopic (exact) mass is 453 g/mol. The van der Waals surface area contributed by atoms with Gasteiger partial charge in [0, 0.05) is 43.5 Å². The molecular formula is C28H31N5O. The summed E-state index contributed by atoms with van der Waals surface area (Å²) in [6, 6.07) is 26.2. The molecule has 0 saturated carbocycles. The summed E-state index contributed by atoms with van der Waals surface area (Å²) in [6.07, 6.45) is 3.22. The van der Waals surface area contributed by atoms with Crippen molar-refractivity contribution >= 4 is 28.9 Å². The van der Waals surface area contributed by atoms with Gasteiger partial charge >= 0.3 is 0 Å². The number of hydrogen-bond acceptors (Lipinski definition) is 5. The first-order chi connectivity index (χ1) is 16.6. The number of likely N-dealkylation sites (tertiary alicyclic amines) is 1. The molecule has 2 aliphatic rings. The third-order valence-corrected chi connectivity index (χ3v) is 6.60. The molecule has 2 heterocycles. The second kappa shape index (κ2) is 9.59. The summed E-state index contributed by atoms with van der Waals surface area (Å²) in [5, 5.41) is 0. The van der Waals surface area contributed by atoms with E-state index in [1.807, 2.05) is 59.5 Å². The van der Waals surface area contributed by atoms with E-state index in [-0.39, 0.29) is 12.1 Å². The standard InChI is InChI=1S/C28H31N5O/c1-21(34)32(20-22-14-16-23(29)17-15-22)27-25-12-6-7-13-26(25)30-28(31-18-8-3-9-19-31)33(27)24-10-4-2-5-11-24/h2,4-7,10-17,27H,3,8-9,18-20,29H2,1H3. The van der Waals surface area contributed by atoms with E-state index in [0.717, 1.165) is 54.4 Å². The highest BCUT2D eigenvalue weighted by Gasteiger charge is 2.38. The number of anilines is 2. The number of carbonyl (C=O) groups excluding carboxylic acids is 1. The molecule has 34 heavy (non-hydrogen) atoms. The lowest BCUT2D eigenvalue weighted by Crippen LogP contribution is -2.54. The number of guanidine groups is 1. The van der Waals surface area contributed by atoms with Crippen LogP contribution in [0.3, 0.4) is 0 Å². The number of nitrogens with zero attached hydrogens (tertiary/aromatic N) is 4. The molecule has 3 aromatic carbocycles. The van der Waals surface area contributed by atoms with Crippen molar-refractivity contribution in [3.8, 4) is 0 Å². The van der Waals surface area contributed by atoms with E-state index in [4.69, 9.17) is 10.7 Å². The first kappa shape index (κ1) is 22.0. The molecule has 5 rings (SSSR count). The number of benzene rings is 3. The Morgan fingerprint density at radius 1 is 0.941 bits per heavy atom. The quantitative estimate of drug-likeness (QED) is 0.544. The molecule has 2 aliphatic heterocycles. The van der Waals surface area contributed by atoms with Gasteiger partial charge in [-0.25, -0.2) is 4.99 Å². The van der Waals surface area contributed by atoms with Crippen LogP contribution in [0.2, 0.25) is 0 Å². The maximum atomic E-state index is 13.2. The van der Waals surface area contributed by atoms with Gasteiger partial charge in [-0.05, 0) is 55.2 Å². The Kier molecular flexibility index (Phi) is 6.21. The van der Waals surface area contributed by atoms with Crippen molar-refractivity contribution in [2.24, 2.45) is 4.99 Å². The minimum absolute atomic E-state index is 0.0115. The van der Waals surface area contributed by atoms with E-state index in [1.54, 1.807) is 6.92 Å². The van der Waals surface area contributed by atoms with Gasteiger partial charge in [0.2, 0.25) is 11.9 Å². The van der Waals surface area contributed by atoms with Crippen molar-refractivity contribution in [2.75, 3.05) is 23.7 Å². The predicted molar refractivity (Wildman–Crippen MR) is 138 cm³/mol. The fourth-order valence-corrected chi connectivity index (χ4v) is 4.88. The number of para-hydroxylation sites is 2. The molecule has 2 N–H and O–H groups in total. The smallest absolute Gasteiger partial charge is 0.221 e. The van der Waals surface area contributed by atoms with Crippen molar-refractivity contribution in [3.05, 3.63) is 90.0 Å². The summed E-state index contributed by atoms with van der Waals surface area (Å²) in [5.41, 5.74) is 10.6. The maximum absolute atomic E-state index is 13.2. The molecule has 1 fully saturated rings. The van der Waals surface area contributed by atoms with Crippen LogP contribution in [0.25, 0.3) is 0 Å². The van der Waals surface area contributed by atoms with Crippen LogP contribution in [-0.4, -0.2) is 34.8 Å². The van der Waals surface area contributed by atoms with Crippen LogP contribution in [0.15, 0.2) is 83.9 Å². The lowest BCUT2D eigenvalue weighted by molar-refractivity contribution is -0.131. The number of hydrogen-bond donors (Lipinski definition) is 1. The second-order valence-corrected chi connectivity index (χ2v) is 8.99. The van der Waals surface area contributed by atoms with Crippen LogP contribution in [0.5, 0.6) is 0 Å². The Labute approximate surface area is 201 Å². The van der Waals surface area contributed by atoms with Crippen molar-refractivity contribution in [1.82, 2.24) is 9.80 Å². The number of piperidine rings is 1. The van der Waals surface area contributed by atoms with E-state index in [0.29, 0.717) is 12.2 Å². The largest absolute Gasteiger partial charge is 0.399 e. The average Bonchev–Trinajstić information content (AvgIpc) is 2.88. The molecule has 0 aliphatic carbocycles. The summed E-state index contributed by atoms with van der Waals surface area (Å²) in [5.74, 6) is 0.926. The molecule has 0 spiro atoms. The number of aliphatic imine (C=N–C) groups is 1. The highest BCUT2D eigenvalue weighted by molar-refractivity contribution is 6.01. The Morgan fingerprint density at radius 3 is 2.32 bits per heavy atom. The van der Waals surface area contributed by atoms with Crippen LogP contribution in [0.4, 0.5) is 17.1 Å². The molecule has 1 unspecified atom stereocenters. The molecule has 6 nitrogen and oxygen atoms in total. The van der Waals surface area contributed by atoms with E-state index in [9.17, 15) is 4.79 Å². The van der Waals surface area contributed by atoms with Crippen LogP contribution in [-0.2, 0) is 11.3 Å². The van der Waals surface area contributed by atoms with Crippen molar-refractivity contribution in [1.29, 1.82) is 0 Å². The van der Waals surface area contributed by atoms with Crippen molar-refractivity contribution < 1.29 is 4.79 Å². The molecule has 1 amide bonds. The topological polar surface area (TPSA) is 65.2 Å². The predicted octanol–water partition coefficient (Wildman–Crippen LogP) is 5.31. The van der Waals surface area contributed by atoms with Gasteiger partial charge in [0.25, 0.3) is 0 Å². The fraction of sp³-hybridized carbons (Fsp3) is 0.286. The zero-order chi connectivity index (χ0) is 23.5. The Hall–Kier alpha value is -3.80. The minimum atomic E-state index is -0.317. The van der Waals surface area contributed by atoms with Crippen LogP contribution in [0.1, 0.15) is 43.5 Å². The zero-order valence-corrected chi connectivity index (χ0v) is 19.6. The van der Waals surface area contributed by atoms with E-state index in [2.05, 4.69) is 34.1 Å².